The van der Waals surface area contributed by atoms with Crippen LogP contribution in [0.1, 0.15) is 76.6 Å². The molecule has 4 rings (SSSR count). The van der Waals surface area contributed by atoms with Gasteiger partial charge in [-0.2, -0.15) is 0 Å². The van der Waals surface area contributed by atoms with E-state index < -0.39 is 29.4 Å². The molecule has 1 amide bonds. The average molecular weight is 530 g/mol. The minimum Gasteiger partial charge on any atom is -0.462 e. The summed E-state index contributed by atoms with van der Waals surface area (Å²) in [6, 6.07) is 4.26. The zero-order valence-electron chi connectivity index (χ0n) is 20.9. The van der Waals surface area contributed by atoms with E-state index in [1.165, 1.54) is 23.5 Å². The molecule has 2 heterocycles. The summed E-state index contributed by atoms with van der Waals surface area (Å²) in [5.74, 6) is -1.92. The molecule has 0 spiro atoms. The number of nitrogens with one attached hydrogen (secondary N) is 1. The van der Waals surface area contributed by atoms with Crippen LogP contribution in [0.4, 0.5) is 16.4 Å². The van der Waals surface area contributed by atoms with E-state index in [1.807, 2.05) is 4.90 Å². The Morgan fingerprint density at radius 1 is 1.03 bits per heavy atom. The molecular weight excluding hydrogens is 498 g/mol. The van der Waals surface area contributed by atoms with Gasteiger partial charge in [0.25, 0.3) is 11.6 Å². The number of fused-ring (bicyclic) bond motifs is 1. The molecule has 0 radical (unpaired) electrons. The van der Waals surface area contributed by atoms with Gasteiger partial charge in [0.05, 0.1) is 22.7 Å². The molecular formula is C26H31N3O7S. The van der Waals surface area contributed by atoms with Gasteiger partial charge in [0.15, 0.2) is 6.61 Å². The average Bonchev–Trinajstić information content (AvgIpc) is 3.04. The Bertz CT molecular complexity index is 1190. The Balaban J connectivity index is 1.43. The SMILES string of the molecule is CCOC(=O)c1c(NC(=O)COC(=O)c2ccc(N3CCCCCC3)c([N+](=O)[O-])c2)sc2c1CCCC2. The number of anilines is 2. The lowest BCUT2D eigenvalue weighted by Gasteiger charge is -2.22. The van der Waals surface area contributed by atoms with Gasteiger partial charge in [-0.1, -0.05) is 12.8 Å². The molecule has 37 heavy (non-hydrogen) atoms. The first-order valence-electron chi connectivity index (χ1n) is 12.7. The molecule has 1 N–H and O–H groups in total. The first-order chi connectivity index (χ1) is 17.9. The van der Waals surface area contributed by atoms with Gasteiger partial charge in [0, 0.05) is 24.0 Å². The van der Waals surface area contributed by atoms with Crippen molar-refractivity contribution in [3.05, 3.63) is 49.9 Å². The highest BCUT2D eigenvalue weighted by Gasteiger charge is 2.28. The van der Waals surface area contributed by atoms with E-state index in [4.69, 9.17) is 9.47 Å². The molecule has 0 atom stereocenters. The van der Waals surface area contributed by atoms with Crippen LogP contribution in [-0.4, -0.2) is 49.1 Å². The van der Waals surface area contributed by atoms with E-state index in [0.717, 1.165) is 74.9 Å². The first kappa shape index (κ1) is 26.6. The second-order valence-electron chi connectivity index (χ2n) is 9.12. The molecule has 10 nitrogen and oxygen atoms in total. The van der Waals surface area contributed by atoms with Crippen molar-refractivity contribution in [3.63, 3.8) is 0 Å². The number of thiophene rings is 1. The summed E-state index contributed by atoms with van der Waals surface area (Å²) in [5.41, 5.74) is 1.61. The number of nitrogens with zero attached hydrogens (tertiary/aromatic N) is 2. The van der Waals surface area contributed by atoms with Crippen LogP contribution in [-0.2, 0) is 27.1 Å². The zero-order chi connectivity index (χ0) is 26.4. The van der Waals surface area contributed by atoms with Crippen LogP contribution in [0.15, 0.2) is 18.2 Å². The highest BCUT2D eigenvalue weighted by molar-refractivity contribution is 7.17. The maximum absolute atomic E-state index is 12.6. The van der Waals surface area contributed by atoms with Crippen LogP contribution < -0.4 is 10.2 Å². The van der Waals surface area contributed by atoms with Gasteiger partial charge in [-0.05, 0) is 63.1 Å². The number of nitro groups is 1. The topological polar surface area (TPSA) is 128 Å². The number of hydrogen-bond acceptors (Lipinski definition) is 9. The number of rotatable bonds is 8. The Labute approximate surface area is 219 Å². The number of ether oxygens (including phenoxy) is 2. The Hall–Kier alpha value is -3.47. The third-order valence-electron chi connectivity index (χ3n) is 6.59. The van der Waals surface area contributed by atoms with E-state index in [1.54, 1.807) is 13.0 Å². The highest BCUT2D eigenvalue weighted by atomic mass is 32.1. The first-order valence-corrected chi connectivity index (χ1v) is 13.5. The molecule has 2 aromatic rings. The summed E-state index contributed by atoms with van der Waals surface area (Å²) >= 11 is 1.34. The number of esters is 2. The second kappa shape index (κ2) is 12.2. The van der Waals surface area contributed by atoms with Crippen molar-refractivity contribution in [2.24, 2.45) is 0 Å². The predicted octanol–water partition coefficient (Wildman–Crippen LogP) is 4.89. The van der Waals surface area contributed by atoms with Crippen molar-refractivity contribution in [2.45, 2.75) is 58.3 Å². The molecule has 1 aromatic heterocycles. The number of benzene rings is 1. The number of carbonyl (C=O) groups is 3. The van der Waals surface area contributed by atoms with Gasteiger partial charge in [0.1, 0.15) is 10.7 Å². The predicted molar refractivity (Wildman–Crippen MR) is 140 cm³/mol. The van der Waals surface area contributed by atoms with Gasteiger partial charge in [-0.15, -0.1) is 11.3 Å². The third kappa shape index (κ3) is 6.27. The number of nitro benzene ring substituents is 1. The van der Waals surface area contributed by atoms with Gasteiger partial charge >= 0.3 is 11.9 Å². The third-order valence-corrected chi connectivity index (χ3v) is 7.80. The van der Waals surface area contributed by atoms with Crippen molar-refractivity contribution in [3.8, 4) is 0 Å². The molecule has 1 aromatic carbocycles. The van der Waals surface area contributed by atoms with Crippen LogP contribution in [0.3, 0.4) is 0 Å². The van der Waals surface area contributed by atoms with Crippen molar-refractivity contribution in [1.29, 1.82) is 0 Å². The minimum atomic E-state index is -0.836. The van der Waals surface area contributed by atoms with Gasteiger partial charge < -0.3 is 19.7 Å². The van der Waals surface area contributed by atoms with Gasteiger partial charge in [0.2, 0.25) is 0 Å². The Morgan fingerprint density at radius 2 is 1.76 bits per heavy atom. The number of hydrogen-bond donors (Lipinski definition) is 1. The molecule has 198 valence electrons. The van der Waals surface area contributed by atoms with Crippen LogP contribution in [0, 0.1) is 10.1 Å². The smallest absolute Gasteiger partial charge is 0.341 e. The lowest BCUT2D eigenvalue weighted by molar-refractivity contribution is -0.384. The van der Waals surface area contributed by atoms with Crippen LogP contribution in [0.5, 0.6) is 0 Å². The Morgan fingerprint density at radius 3 is 2.46 bits per heavy atom. The molecule has 1 aliphatic carbocycles. The fourth-order valence-corrected chi connectivity index (χ4v) is 6.12. The van der Waals surface area contributed by atoms with Crippen molar-refractivity contribution < 1.29 is 28.8 Å². The molecule has 1 fully saturated rings. The van der Waals surface area contributed by atoms with Crippen molar-refractivity contribution in [1.82, 2.24) is 0 Å². The maximum atomic E-state index is 12.6. The number of amides is 1. The van der Waals surface area contributed by atoms with Crippen LogP contribution in [0.25, 0.3) is 0 Å². The van der Waals surface area contributed by atoms with Crippen LogP contribution >= 0.6 is 11.3 Å². The summed E-state index contributed by atoms with van der Waals surface area (Å²) in [5, 5.41) is 14.8. The van der Waals surface area contributed by atoms with Gasteiger partial charge in [-0.25, -0.2) is 9.59 Å². The number of carbonyl (C=O) groups excluding carboxylic acids is 3. The second-order valence-corrected chi connectivity index (χ2v) is 10.2. The molecule has 0 saturated carbocycles. The Kier molecular flexibility index (Phi) is 8.75. The summed E-state index contributed by atoms with van der Waals surface area (Å²) in [4.78, 5) is 52.1. The lowest BCUT2D eigenvalue weighted by Crippen LogP contribution is -2.25. The molecule has 1 saturated heterocycles. The molecule has 0 unspecified atom stereocenters. The monoisotopic (exact) mass is 529 g/mol. The van der Waals surface area contributed by atoms with Crippen molar-refractivity contribution >= 4 is 45.6 Å². The molecule has 11 heteroatoms. The normalized spacial score (nSPS) is 15.3. The highest BCUT2D eigenvalue weighted by Crippen LogP contribution is 2.38. The van der Waals surface area contributed by atoms with E-state index in [9.17, 15) is 24.5 Å². The van der Waals surface area contributed by atoms with Crippen LogP contribution in [0.2, 0.25) is 0 Å². The quantitative estimate of drug-likeness (QED) is 0.291. The van der Waals surface area contributed by atoms with Crippen molar-refractivity contribution in [2.75, 3.05) is 36.5 Å². The fourth-order valence-electron chi connectivity index (χ4n) is 4.83. The largest absolute Gasteiger partial charge is 0.462 e. The molecule has 2 aliphatic rings. The van der Waals surface area contributed by atoms with E-state index >= 15 is 0 Å². The van der Waals surface area contributed by atoms with E-state index in [-0.39, 0.29) is 17.9 Å². The number of aryl methyl sites for hydroxylation is 1. The van der Waals surface area contributed by atoms with E-state index in [2.05, 4.69) is 5.32 Å². The zero-order valence-corrected chi connectivity index (χ0v) is 21.7. The summed E-state index contributed by atoms with van der Waals surface area (Å²) in [6.45, 7) is 2.80. The summed E-state index contributed by atoms with van der Waals surface area (Å²) in [6.07, 6.45) is 7.66. The fraction of sp³-hybridized carbons (Fsp3) is 0.500. The summed E-state index contributed by atoms with van der Waals surface area (Å²) < 4.78 is 10.3. The van der Waals surface area contributed by atoms with Gasteiger partial charge in [-0.3, -0.25) is 14.9 Å². The molecule has 1 aliphatic heterocycles. The minimum absolute atomic E-state index is 0.00290. The molecule has 0 bridgehead atoms. The maximum Gasteiger partial charge on any atom is 0.341 e. The van der Waals surface area contributed by atoms with E-state index in [0.29, 0.717) is 16.3 Å². The lowest BCUT2D eigenvalue weighted by atomic mass is 9.95. The standard InChI is InChI=1S/C26H31N3O7S/c1-2-35-26(32)23-18-9-5-6-10-21(18)37-24(23)27-22(30)16-36-25(31)17-11-12-19(20(15-17)29(33)34)28-13-7-3-4-8-14-28/h11-12,15H,2-10,13-14,16H2,1H3,(H,27,30). The summed E-state index contributed by atoms with van der Waals surface area (Å²) in [7, 11) is 0.